The minimum atomic E-state index is -0.250. The molecule has 0 aliphatic carbocycles. The second-order valence-corrected chi connectivity index (χ2v) is 7.43. The van der Waals surface area contributed by atoms with Gasteiger partial charge < -0.3 is 10.0 Å². The van der Waals surface area contributed by atoms with Crippen LogP contribution in [0.3, 0.4) is 0 Å². The number of carbonyl (C=O) groups is 2. The predicted octanol–water partition coefficient (Wildman–Crippen LogP) is 3.20. The van der Waals surface area contributed by atoms with E-state index < -0.39 is 0 Å². The molecule has 0 radical (unpaired) electrons. The summed E-state index contributed by atoms with van der Waals surface area (Å²) in [6.45, 7) is 7.18. The molecule has 1 amide bonds. The summed E-state index contributed by atoms with van der Waals surface area (Å²) in [6.07, 6.45) is 3.40. The number of fused-ring (bicyclic) bond motifs is 1. The van der Waals surface area contributed by atoms with E-state index in [-0.39, 0.29) is 24.3 Å². The van der Waals surface area contributed by atoms with Crippen LogP contribution in [0.1, 0.15) is 41.6 Å². The van der Waals surface area contributed by atoms with Crippen LogP contribution in [0.2, 0.25) is 0 Å². The highest BCUT2D eigenvalue weighted by molar-refractivity contribution is 5.94. The van der Waals surface area contributed by atoms with Gasteiger partial charge in [0.05, 0.1) is 18.2 Å². The third kappa shape index (κ3) is 4.37. The van der Waals surface area contributed by atoms with Crippen LogP contribution in [-0.2, 0) is 11.3 Å². The van der Waals surface area contributed by atoms with Gasteiger partial charge >= 0.3 is 0 Å². The van der Waals surface area contributed by atoms with Crippen molar-refractivity contribution in [1.82, 2.24) is 24.6 Å². The first-order valence-electron chi connectivity index (χ1n) is 9.77. The van der Waals surface area contributed by atoms with Gasteiger partial charge in [-0.15, -0.1) is 0 Å². The van der Waals surface area contributed by atoms with Crippen molar-refractivity contribution in [2.75, 3.05) is 6.54 Å². The van der Waals surface area contributed by atoms with E-state index >= 15 is 0 Å². The second kappa shape index (κ2) is 9.30. The number of aromatic nitrogens is 4. The summed E-state index contributed by atoms with van der Waals surface area (Å²) in [4.78, 5) is 32.4. The molecule has 8 nitrogen and oxygen atoms in total. The van der Waals surface area contributed by atoms with E-state index in [9.17, 15) is 4.79 Å². The van der Waals surface area contributed by atoms with E-state index in [1.807, 2.05) is 52.9 Å². The Bertz CT molecular complexity index is 1020. The van der Waals surface area contributed by atoms with Gasteiger partial charge in [0, 0.05) is 24.5 Å². The fourth-order valence-electron chi connectivity index (χ4n) is 3.65. The first kappa shape index (κ1) is 21.2. The van der Waals surface area contributed by atoms with Crippen LogP contribution in [0.15, 0.2) is 48.8 Å². The average molecular weight is 407 g/mol. The maximum atomic E-state index is 13.2. The van der Waals surface area contributed by atoms with Gasteiger partial charge in [-0.05, 0) is 24.5 Å². The van der Waals surface area contributed by atoms with E-state index in [0.717, 1.165) is 17.0 Å². The summed E-state index contributed by atoms with van der Waals surface area (Å²) < 4.78 is 1.95. The highest BCUT2D eigenvalue weighted by Gasteiger charge is 2.36. The molecule has 30 heavy (non-hydrogen) atoms. The van der Waals surface area contributed by atoms with E-state index in [1.165, 1.54) is 0 Å². The van der Waals surface area contributed by atoms with E-state index in [2.05, 4.69) is 23.9 Å². The molecule has 0 unspecified atom stereocenters. The Morgan fingerprint density at radius 1 is 1.20 bits per heavy atom. The Balaban J connectivity index is 0.000000806. The van der Waals surface area contributed by atoms with Crippen LogP contribution in [-0.4, -0.2) is 48.7 Å². The summed E-state index contributed by atoms with van der Waals surface area (Å²) in [5, 5.41) is 11.6. The minimum Gasteiger partial charge on any atom is -0.483 e. The number of aryl methyl sites for hydroxylation is 1. The number of benzene rings is 1. The number of hydrogen-bond donors (Lipinski definition) is 1. The Morgan fingerprint density at radius 3 is 2.53 bits per heavy atom. The molecule has 2 aromatic heterocycles. The summed E-state index contributed by atoms with van der Waals surface area (Å²) >= 11 is 0. The maximum Gasteiger partial charge on any atom is 0.290 e. The summed E-state index contributed by atoms with van der Waals surface area (Å²) in [5.41, 5.74) is 2.59. The summed E-state index contributed by atoms with van der Waals surface area (Å²) in [7, 11) is 0. The molecule has 0 saturated carbocycles. The van der Waals surface area contributed by atoms with Crippen LogP contribution < -0.4 is 0 Å². The fraction of sp³-hybridized carbons (Fsp3) is 0.318. The Morgan fingerprint density at radius 2 is 1.90 bits per heavy atom. The van der Waals surface area contributed by atoms with E-state index in [0.29, 0.717) is 24.5 Å². The van der Waals surface area contributed by atoms with E-state index in [4.69, 9.17) is 14.9 Å². The number of pyridine rings is 1. The molecular weight excluding hydrogens is 382 g/mol. The van der Waals surface area contributed by atoms with Gasteiger partial charge in [0.15, 0.2) is 11.6 Å². The second-order valence-electron chi connectivity index (χ2n) is 7.43. The molecule has 0 fully saturated rings. The lowest BCUT2D eigenvalue weighted by molar-refractivity contribution is -0.122. The summed E-state index contributed by atoms with van der Waals surface area (Å²) in [6, 6.07) is 11.7. The highest BCUT2D eigenvalue weighted by atomic mass is 16.3. The van der Waals surface area contributed by atoms with Crippen molar-refractivity contribution < 1.29 is 14.7 Å². The van der Waals surface area contributed by atoms with E-state index in [1.54, 1.807) is 12.4 Å². The van der Waals surface area contributed by atoms with Crippen LogP contribution in [0.5, 0.6) is 0 Å². The zero-order valence-corrected chi connectivity index (χ0v) is 17.3. The van der Waals surface area contributed by atoms with Gasteiger partial charge in [-0.3, -0.25) is 14.6 Å². The lowest BCUT2D eigenvalue weighted by Crippen LogP contribution is -2.44. The van der Waals surface area contributed by atoms with Crippen molar-refractivity contribution in [2.24, 2.45) is 5.92 Å². The molecule has 0 spiro atoms. The smallest absolute Gasteiger partial charge is 0.290 e. The van der Waals surface area contributed by atoms with Crippen LogP contribution in [0.4, 0.5) is 0 Å². The van der Waals surface area contributed by atoms with Gasteiger partial charge in [-0.25, -0.2) is 9.67 Å². The molecule has 0 saturated heterocycles. The lowest BCUT2D eigenvalue weighted by atomic mass is 9.99. The standard InChI is InChI=1S/C21H23N5O.CH2O2/c1-14(2)18-20-23-19(16-7-5-4-6-8-16)24-26(20)10-9-25(18)21(27)17-11-15(3)12-22-13-17;2-1-3/h4-8,11-14,18H,9-10H2,1-3H3;1H,(H,2,3)/t18-;/m0./s1. The largest absolute Gasteiger partial charge is 0.483 e. The number of amides is 1. The molecular formula is C22H25N5O3. The predicted molar refractivity (Wildman–Crippen MR) is 112 cm³/mol. The van der Waals surface area contributed by atoms with Crippen molar-refractivity contribution in [2.45, 2.75) is 33.4 Å². The normalized spacial score (nSPS) is 15.2. The number of rotatable bonds is 3. The van der Waals surface area contributed by atoms with Gasteiger partial charge in [0.1, 0.15) is 0 Å². The molecule has 8 heteroatoms. The summed E-state index contributed by atoms with van der Waals surface area (Å²) in [5.74, 6) is 1.78. The average Bonchev–Trinajstić information content (AvgIpc) is 3.18. The Hall–Kier alpha value is -3.55. The molecule has 156 valence electrons. The zero-order valence-electron chi connectivity index (χ0n) is 17.3. The van der Waals surface area contributed by atoms with Crippen molar-refractivity contribution >= 4 is 12.4 Å². The molecule has 4 rings (SSSR count). The van der Waals surface area contributed by atoms with Crippen molar-refractivity contribution in [3.8, 4) is 11.4 Å². The minimum absolute atomic E-state index is 0.000381. The SMILES string of the molecule is Cc1cncc(C(=O)N2CCn3nc(-c4ccccc4)nc3[C@@H]2C(C)C)c1.O=CO. The molecule has 3 heterocycles. The van der Waals surface area contributed by atoms with Crippen molar-refractivity contribution in [1.29, 1.82) is 0 Å². The third-order valence-electron chi connectivity index (χ3n) is 4.90. The molecule has 1 aliphatic rings. The highest BCUT2D eigenvalue weighted by Crippen LogP contribution is 2.33. The molecule has 1 N–H and O–H groups in total. The quantitative estimate of drug-likeness (QED) is 0.669. The first-order valence-corrected chi connectivity index (χ1v) is 9.77. The fourth-order valence-corrected chi connectivity index (χ4v) is 3.65. The van der Waals surface area contributed by atoms with Crippen molar-refractivity contribution in [3.05, 3.63) is 65.7 Å². The number of carboxylic acid groups (broad SMARTS) is 1. The van der Waals surface area contributed by atoms with Gasteiger partial charge in [-0.2, -0.15) is 5.10 Å². The monoisotopic (exact) mass is 407 g/mol. The van der Waals surface area contributed by atoms with Gasteiger partial charge in [0.25, 0.3) is 12.4 Å². The lowest BCUT2D eigenvalue weighted by Gasteiger charge is -2.37. The third-order valence-corrected chi connectivity index (χ3v) is 4.90. The van der Waals surface area contributed by atoms with Crippen molar-refractivity contribution in [3.63, 3.8) is 0 Å². The Labute approximate surface area is 175 Å². The van der Waals surface area contributed by atoms with Crippen LogP contribution >= 0.6 is 0 Å². The molecule has 1 aliphatic heterocycles. The first-order chi connectivity index (χ1) is 14.5. The molecule has 0 bridgehead atoms. The Kier molecular flexibility index (Phi) is 6.56. The van der Waals surface area contributed by atoms with Crippen LogP contribution in [0.25, 0.3) is 11.4 Å². The number of hydrogen-bond acceptors (Lipinski definition) is 5. The topological polar surface area (TPSA) is 101 Å². The zero-order chi connectivity index (χ0) is 21.7. The molecule has 1 aromatic carbocycles. The molecule has 1 atom stereocenters. The van der Waals surface area contributed by atoms with Gasteiger partial charge in [0.2, 0.25) is 0 Å². The number of carbonyl (C=O) groups excluding carboxylic acids is 1. The number of nitrogens with zero attached hydrogens (tertiary/aromatic N) is 5. The van der Waals surface area contributed by atoms with Gasteiger partial charge in [-0.1, -0.05) is 44.2 Å². The maximum absolute atomic E-state index is 13.2. The van der Waals surface area contributed by atoms with Crippen LogP contribution in [0, 0.1) is 12.8 Å². The molecule has 3 aromatic rings.